The van der Waals surface area contributed by atoms with E-state index in [1.807, 2.05) is 0 Å². The van der Waals surface area contributed by atoms with Crippen LogP contribution in [0.5, 0.6) is 0 Å². The number of aliphatic hydroxyl groups is 1. The second-order valence-electron chi connectivity index (χ2n) is 20.7. The molecule has 0 amide bonds. The Labute approximate surface area is 493 Å². The zero-order chi connectivity index (χ0) is 57.6. The number of esters is 2. The summed E-state index contributed by atoms with van der Waals surface area (Å²) in [7, 11) is 0. The topological polar surface area (TPSA) is 72.8 Å². The van der Waals surface area contributed by atoms with Gasteiger partial charge in [0.15, 0.2) is 6.10 Å². The average Bonchev–Trinajstić information content (AvgIpc) is 3.46. The largest absolute Gasteiger partial charge is 0.462 e. The number of hydrogen-bond acceptors (Lipinski definition) is 5. The smallest absolute Gasteiger partial charge is 0.306 e. The van der Waals surface area contributed by atoms with Crippen LogP contribution in [0, 0.1) is 0 Å². The summed E-state index contributed by atoms with van der Waals surface area (Å²) in [6, 6.07) is 0. The second kappa shape index (κ2) is 68.3. The van der Waals surface area contributed by atoms with Gasteiger partial charge >= 0.3 is 11.9 Å². The molecule has 0 heterocycles. The summed E-state index contributed by atoms with van der Waals surface area (Å²) in [5.74, 6) is -0.649. The molecular weight excluding hydrogens is 981 g/mol. The van der Waals surface area contributed by atoms with Crippen molar-refractivity contribution in [3.63, 3.8) is 0 Å². The maximum Gasteiger partial charge on any atom is 0.306 e. The van der Waals surface area contributed by atoms with Crippen LogP contribution in [0.1, 0.15) is 258 Å². The van der Waals surface area contributed by atoms with E-state index in [0.29, 0.717) is 12.8 Å². The van der Waals surface area contributed by atoms with E-state index in [-0.39, 0.29) is 31.6 Å². The van der Waals surface area contributed by atoms with Crippen LogP contribution in [0.2, 0.25) is 0 Å². The zero-order valence-electron chi connectivity index (χ0n) is 51.3. The van der Waals surface area contributed by atoms with Gasteiger partial charge < -0.3 is 14.6 Å². The highest BCUT2D eigenvalue weighted by atomic mass is 16.6. The molecule has 0 aromatic rings. The Morgan fingerprint density at radius 3 is 0.775 bits per heavy atom. The molecule has 0 rings (SSSR count). The highest BCUT2D eigenvalue weighted by molar-refractivity contribution is 5.70. The molecule has 0 saturated carbocycles. The van der Waals surface area contributed by atoms with Crippen LogP contribution in [0.4, 0.5) is 0 Å². The molecule has 1 unspecified atom stereocenters. The van der Waals surface area contributed by atoms with Gasteiger partial charge in [0.25, 0.3) is 0 Å². The van der Waals surface area contributed by atoms with E-state index in [1.54, 1.807) is 0 Å². The number of carbonyl (C=O) groups excluding carboxylic acids is 2. The summed E-state index contributed by atoms with van der Waals surface area (Å²) in [5, 5.41) is 9.68. The van der Waals surface area contributed by atoms with E-state index < -0.39 is 6.10 Å². The minimum atomic E-state index is -0.810. The third kappa shape index (κ3) is 65.5. The molecule has 1 atom stereocenters. The maximum atomic E-state index is 12.3. The summed E-state index contributed by atoms with van der Waals surface area (Å²) in [6.07, 6.45) is 107. The fourth-order valence-corrected chi connectivity index (χ4v) is 8.43. The lowest BCUT2D eigenvalue weighted by Crippen LogP contribution is -2.28. The van der Waals surface area contributed by atoms with Gasteiger partial charge in [0.1, 0.15) is 6.61 Å². The molecule has 0 fully saturated rings. The number of hydrogen-bond donors (Lipinski definition) is 1. The van der Waals surface area contributed by atoms with Crippen LogP contribution < -0.4 is 0 Å². The standard InChI is InChI=1S/C75H118O5/c1-3-5-7-9-11-13-15-17-19-21-23-25-27-29-31-33-35-37-39-41-43-45-47-49-51-53-55-57-59-61-63-65-67-69-74(77)79-72-73(71-76)80-75(78)70-68-66-64-62-60-58-56-54-52-50-48-46-44-42-40-38-36-34-32-30-28-26-24-22-20-18-16-14-12-10-8-6-4-2/h5-8,11-14,17-20,23-26,29-32,36,38,42,44,48,50,54,56,60,62,73,76H,3-4,9-10,15-16,21-22,27-28,33-35,37,39-41,43,45-47,49,51-53,55,57-59,61,63-72H2,1-2H3/b7-5-,8-6-,13-11-,14-12-,19-17-,20-18-,25-23-,26-24-,31-29-,32-30-,38-36-,44-42-,50-48-,56-54-,62-60-. The van der Waals surface area contributed by atoms with Crippen LogP contribution >= 0.6 is 0 Å². The van der Waals surface area contributed by atoms with Crippen LogP contribution in [0.25, 0.3) is 0 Å². The molecule has 0 spiro atoms. The first-order valence-corrected chi connectivity index (χ1v) is 32.3. The molecule has 448 valence electrons. The normalized spacial score (nSPS) is 13.5. The van der Waals surface area contributed by atoms with Gasteiger partial charge in [-0.05, 0) is 135 Å². The van der Waals surface area contributed by atoms with Crippen molar-refractivity contribution >= 4 is 11.9 Å². The molecule has 0 radical (unpaired) electrons. The second-order valence-corrected chi connectivity index (χ2v) is 20.7. The molecule has 0 aliphatic heterocycles. The highest BCUT2D eigenvalue weighted by Gasteiger charge is 2.16. The van der Waals surface area contributed by atoms with Crippen LogP contribution in [0.3, 0.4) is 0 Å². The van der Waals surface area contributed by atoms with Gasteiger partial charge in [-0.1, -0.05) is 292 Å². The van der Waals surface area contributed by atoms with Crippen LogP contribution in [-0.4, -0.2) is 36.4 Å². The number of aliphatic hydroxyl groups excluding tert-OH is 1. The summed E-state index contributed by atoms with van der Waals surface area (Å²) < 4.78 is 10.7. The van der Waals surface area contributed by atoms with Crippen molar-refractivity contribution in [3.05, 3.63) is 182 Å². The fraction of sp³-hybridized carbons (Fsp3) is 0.573. The van der Waals surface area contributed by atoms with Crippen LogP contribution in [0.15, 0.2) is 182 Å². The van der Waals surface area contributed by atoms with Gasteiger partial charge in [0.2, 0.25) is 0 Å². The first kappa shape index (κ1) is 75.0. The minimum absolute atomic E-state index is 0.0939. The van der Waals surface area contributed by atoms with Gasteiger partial charge in [0, 0.05) is 12.8 Å². The van der Waals surface area contributed by atoms with Crippen molar-refractivity contribution < 1.29 is 24.2 Å². The molecule has 0 aliphatic carbocycles. The molecule has 5 nitrogen and oxygen atoms in total. The van der Waals surface area contributed by atoms with Crippen molar-refractivity contribution in [3.8, 4) is 0 Å². The Hall–Kier alpha value is -5.00. The van der Waals surface area contributed by atoms with Crippen molar-refractivity contribution in [2.75, 3.05) is 13.2 Å². The van der Waals surface area contributed by atoms with Crippen LogP contribution in [-0.2, 0) is 19.1 Å². The molecule has 0 saturated heterocycles. The summed E-state index contributed by atoms with van der Waals surface area (Å²) in [4.78, 5) is 24.6. The summed E-state index contributed by atoms with van der Waals surface area (Å²) >= 11 is 0. The third-order valence-electron chi connectivity index (χ3n) is 13.2. The van der Waals surface area contributed by atoms with Gasteiger partial charge in [-0.3, -0.25) is 9.59 Å². The molecular formula is C75H118O5. The van der Waals surface area contributed by atoms with Crippen molar-refractivity contribution in [1.82, 2.24) is 0 Å². The molecule has 5 heteroatoms. The first-order chi connectivity index (χ1) is 39.6. The molecule has 1 N–H and O–H groups in total. The molecule has 0 aromatic carbocycles. The zero-order valence-corrected chi connectivity index (χ0v) is 51.3. The molecule has 0 bridgehead atoms. The lowest BCUT2D eigenvalue weighted by Gasteiger charge is -2.15. The summed E-state index contributed by atoms with van der Waals surface area (Å²) in [6.45, 7) is 3.88. The van der Waals surface area contributed by atoms with E-state index in [2.05, 4.69) is 196 Å². The number of allylic oxidation sites excluding steroid dienone is 30. The van der Waals surface area contributed by atoms with E-state index in [1.165, 1.54) is 96.3 Å². The van der Waals surface area contributed by atoms with E-state index in [9.17, 15) is 14.7 Å². The lowest BCUT2D eigenvalue weighted by molar-refractivity contribution is -0.161. The van der Waals surface area contributed by atoms with E-state index in [4.69, 9.17) is 9.47 Å². The lowest BCUT2D eigenvalue weighted by atomic mass is 10.0. The molecule has 80 heavy (non-hydrogen) atoms. The number of unbranched alkanes of at least 4 members (excludes halogenated alkanes) is 19. The predicted molar refractivity (Wildman–Crippen MR) is 352 cm³/mol. The third-order valence-corrected chi connectivity index (χ3v) is 13.2. The number of rotatable bonds is 57. The first-order valence-electron chi connectivity index (χ1n) is 32.3. The highest BCUT2D eigenvalue weighted by Crippen LogP contribution is 2.16. The Morgan fingerprint density at radius 1 is 0.287 bits per heavy atom. The average molecular weight is 1100 g/mol. The molecule has 0 aromatic heterocycles. The predicted octanol–water partition coefficient (Wildman–Crippen LogP) is 22.6. The van der Waals surface area contributed by atoms with Crippen molar-refractivity contribution in [1.29, 1.82) is 0 Å². The Balaban J connectivity index is 3.61. The SMILES string of the molecule is CC/C=C\C/C=C\C/C=C\C/C=C\C/C=C\C/C=C\C/C=C\C/C=C\C/C=C\C/C=C\CCCCC(=O)OC(CO)COC(=O)CCCCCCCCCCCCCCCCCCC/C=C\C/C=C\C/C=C\C/C=C\C/C=C\CC. The van der Waals surface area contributed by atoms with Crippen molar-refractivity contribution in [2.24, 2.45) is 0 Å². The van der Waals surface area contributed by atoms with Gasteiger partial charge in [-0.2, -0.15) is 0 Å². The minimum Gasteiger partial charge on any atom is -0.462 e. The summed E-state index contributed by atoms with van der Waals surface area (Å²) in [5.41, 5.74) is 0. The maximum absolute atomic E-state index is 12.3. The monoisotopic (exact) mass is 1100 g/mol. The van der Waals surface area contributed by atoms with E-state index >= 15 is 0 Å². The van der Waals surface area contributed by atoms with Crippen molar-refractivity contribution in [2.45, 2.75) is 264 Å². The number of carbonyl (C=O) groups is 2. The molecule has 0 aliphatic rings. The van der Waals surface area contributed by atoms with E-state index in [0.717, 1.165) is 128 Å². The van der Waals surface area contributed by atoms with Gasteiger partial charge in [-0.25, -0.2) is 0 Å². The Kier molecular flexibility index (Phi) is 64.0. The quantitative estimate of drug-likeness (QED) is 0.0373. The van der Waals surface area contributed by atoms with Gasteiger partial charge in [0.05, 0.1) is 6.61 Å². The number of ether oxygens (including phenoxy) is 2. The Bertz CT molecular complexity index is 1820. The fourth-order valence-electron chi connectivity index (χ4n) is 8.43. The Morgan fingerprint density at radius 2 is 0.500 bits per heavy atom. The van der Waals surface area contributed by atoms with Gasteiger partial charge in [-0.15, -0.1) is 0 Å².